The molecule has 1 unspecified atom stereocenters. The van der Waals surface area contributed by atoms with Gasteiger partial charge in [0.1, 0.15) is 0 Å². The van der Waals surface area contributed by atoms with Gasteiger partial charge < -0.3 is 11.1 Å². The predicted molar refractivity (Wildman–Crippen MR) is 79.5 cm³/mol. The van der Waals surface area contributed by atoms with Crippen LogP contribution in [0.2, 0.25) is 0 Å². The van der Waals surface area contributed by atoms with Crippen LogP contribution in [0.5, 0.6) is 0 Å². The summed E-state index contributed by atoms with van der Waals surface area (Å²) in [7, 11) is 0. The van der Waals surface area contributed by atoms with Crippen molar-refractivity contribution in [3.05, 3.63) is 22.4 Å². The molecule has 1 amide bonds. The Labute approximate surface area is 115 Å². The van der Waals surface area contributed by atoms with Gasteiger partial charge in [0.2, 0.25) is 0 Å². The van der Waals surface area contributed by atoms with Gasteiger partial charge in [0, 0.05) is 15.9 Å². The molecular weight excluding hydrogens is 264 g/mol. The third kappa shape index (κ3) is 2.43. The fraction of sp³-hybridized carbons (Fsp3) is 0.462. The average molecular weight is 282 g/mol. The molecule has 0 radical (unpaired) electrons. The highest BCUT2D eigenvalue weighted by Gasteiger charge is 2.29. The monoisotopic (exact) mass is 282 g/mol. The third-order valence-electron chi connectivity index (χ3n) is 3.46. The number of thiophene rings is 2. The van der Waals surface area contributed by atoms with Crippen LogP contribution in [0.3, 0.4) is 0 Å². The molecule has 0 spiro atoms. The summed E-state index contributed by atoms with van der Waals surface area (Å²) >= 11 is 3.19. The number of fused-ring (bicyclic) bond motifs is 1. The summed E-state index contributed by atoms with van der Waals surface area (Å²) in [5.74, 6) is 0.276. The smallest absolute Gasteiger partial charge is 0.261 e. The molecule has 2 rings (SSSR count). The van der Waals surface area contributed by atoms with Crippen LogP contribution in [-0.2, 0) is 0 Å². The standard InChI is InChI=1S/C13H18N2OS2/c1-8(2)13(3,7-14)15-12(16)11-6-10-9(18-11)4-5-17-10/h4-6,8H,7,14H2,1-3H3,(H,15,16). The van der Waals surface area contributed by atoms with Crippen LogP contribution < -0.4 is 11.1 Å². The zero-order valence-electron chi connectivity index (χ0n) is 10.8. The van der Waals surface area contributed by atoms with Crippen molar-refractivity contribution < 1.29 is 4.79 Å². The van der Waals surface area contributed by atoms with E-state index in [9.17, 15) is 4.79 Å². The van der Waals surface area contributed by atoms with E-state index in [1.54, 1.807) is 11.3 Å². The molecule has 5 heteroatoms. The molecule has 3 nitrogen and oxygen atoms in total. The van der Waals surface area contributed by atoms with E-state index in [1.165, 1.54) is 20.7 Å². The summed E-state index contributed by atoms with van der Waals surface area (Å²) in [5.41, 5.74) is 5.43. The minimum Gasteiger partial charge on any atom is -0.345 e. The summed E-state index contributed by atoms with van der Waals surface area (Å²) in [4.78, 5) is 13.0. The lowest BCUT2D eigenvalue weighted by Crippen LogP contribution is -2.54. The maximum Gasteiger partial charge on any atom is 0.261 e. The molecule has 0 aromatic carbocycles. The Hall–Kier alpha value is -0.910. The van der Waals surface area contributed by atoms with Crippen LogP contribution in [-0.4, -0.2) is 18.0 Å². The molecule has 18 heavy (non-hydrogen) atoms. The summed E-state index contributed by atoms with van der Waals surface area (Å²) in [5, 5.41) is 5.10. The minimum absolute atomic E-state index is 0.0231. The van der Waals surface area contributed by atoms with E-state index in [0.717, 1.165) is 4.88 Å². The molecule has 0 saturated heterocycles. The molecule has 3 N–H and O–H groups in total. The van der Waals surface area contributed by atoms with E-state index in [1.807, 2.05) is 24.4 Å². The first kappa shape index (κ1) is 13.5. The van der Waals surface area contributed by atoms with E-state index in [4.69, 9.17) is 5.73 Å². The zero-order chi connectivity index (χ0) is 13.3. The molecule has 0 saturated carbocycles. The summed E-state index contributed by atoms with van der Waals surface area (Å²) < 4.78 is 2.34. The molecular formula is C13H18N2OS2. The molecule has 0 aliphatic carbocycles. The van der Waals surface area contributed by atoms with Crippen LogP contribution in [0.4, 0.5) is 0 Å². The number of carbonyl (C=O) groups is 1. The number of hydrogen-bond donors (Lipinski definition) is 2. The zero-order valence-corrected chi connectivity index (χ0v) is 12.5. The predicted octanol–water partition coefficient (Wildman–Crippen LogP) is 3.07. The summed E-state index contributed by atoms with van der Waals surface area (Å²) in [6, 6.07) is 4.00. The number of hydrogen-bond acceptors (Lipinski definition) is 4. The molecule has 2 aromatic heterocycles. The van der Waals surface area contributed by atoms with Gasteiger partial charge in [-0.05, 0) is 30.4 Å². The minimum atomic E-state index is -0.353. The van der Waals surface area contributed by atoms with Crippen molar-refractivity contribution in [1.29, 1.82) is 0 Å². The first-order valence-electron chi connectivity index (χ1n) is 5.96. The van der Waals surface area contributed by atoms with Gasteiger partial charge in [-0.1, -0.05) is 13.8 Å². The molecule has 2 heterocycles. The van der Waals surface area contributed by atoms with Crippen LogP contribution >= 0.6 is 22.7 Å². The van der Waals surface area contributed by atoms with Crippen molar-refractivity contribution in [3.8, 4) is 0 Å². The second kappa shape index (κ2) is 4.99. The molecule has 0 aliphatic heterocycles. The van der Waals surface area contributed by atoms with Gasteiger partial charge >= 0.3 is 0 Å². The topological polar surface area (TPSA) is 55.1 Å². The Morgan fingerprint density at radius 2 is 2.22 bits per heavy atom. The van der Waals surface area contributed by atoms with E-state index < -0.39 is 0 Å². The van der Waals surface area contributed by atoms with Gasteiger partial charge in [-0.25, -0.2) is 0 Å². The van der Waals surface area contributed by atoms with Crippen molar-refractivity contribution in [2.45, 2.75) is 26.3 Å². The summed E-state index contributed by atoms with van der Waals surface area (Å²) in [6.45, 7) is 6.57. The van der Waals surface area contributed by atoms with Crippen LogP contribution in [0, 0.1) is 5.92 Å². The van der Waals surface area contributed by atoms with Gasteiger partial charge in [0.05, 0.1) is 10.4 Å². The lowest BCUT2D eigenvalue weighted by atomic mass is 9.88. The van der Waals surface area contributed by atoms with Crippen molar-refractivity contribution in [1.82, 2.24) is 5.32 Å². The number of nitrogens with two attached hydrogens (primary N) is 1. The largest absolute Gasteiger partial charge is 0.345 e. The number of rotatable bonds is 4. The maximum absolute atomic E-state index is 12.2. The first-order valence-corrected chi connectivity index (χ1v) is 7.65. The van der Waals surface area contributed by atoms with Crippen molar-refractivity contribution in [3.63, 3.8) is 0 Å². The van der Waals surface area contributed by atoms with E-state index in [2.05, 4.69) is 19.2 Å². The number of nitrogens with one attached hydrogen (secondary N) is 1. The normalized spacial score (nSPS) is 14.9. The Balaban J connectivity index is 2.19. The quantitative estimate of drug-likeness (QED) is 0.905. The average Bonchev–Trinajstić information content (AvgIpc) is 2.88. The second-order valence-electron chi connectivity index (χ2n) is 4.99. The van der Waals surface area contributed by atoms with Crippen molar-refractivity contribution in [2.75, 3.05) is 6.54 Å². The Morgan fingerprint density at radius 1 is 1.50 bits per heavy atom. The fourth-order valence-electron chi connectivity index (χ4n) is 1.63. The molecule has 98 valence electrons. The van der Waals surface area contributed by atoms with E-state index in [-0.39, 0.29) is 11.4 Å². The van der Waals surface area contributed by atoms with Gasteiger partial charge in [0.15, 0.2) is 0 Å². The van der Waals surface area contributed by atoms with Crippen LogP contribution in [0.1, 0.15) is 30.4 Å². The molecule has 1 atom stereocenters. The molecule has 0 aliphatic rings. The van der Waals surface area contributed by atoms with Crippen LogP contribution in [0.15, 0.2) is 17.5 Å². The molecule has 0 bridgehead atoms. The molecule has 2 aromatic rings. The second-order valence-corrected chi connectivity index (χ2v) is 7.02. The highest BCUT2D eigenvalue weighted by Crippen LogP contribution is 2.30. The fourth-order valence-corrected chi connectivity index (χ4v) is 3.63. The highest BCUT2D eigenvalue weighted by molar-refractivity contribution is 7.27. The molecule has 0 fully saturated rings. The van der Waals surface area contributed by atoms with Gasteiger partial charge in [-0.3, -0.25) is 4.79 Å². The lowest BCUT2D eigenvalue weighted by molar-refractivity contribution is 0.0887. The maximum atomic E-state index is 12.2. The number of carbonyl (C=O) groups excluding carboxylic acids is 1. The Bertz CT molecular complexity index is 530. The van der Waals surface area contributed by atoms with Gasteiger partial charge in [-0.15, -0.1) is 22.7 Å². The Kier molecular flexibility index (Phi) is 3.75. The van der Waals surface area contributed by atoms with E-state index >= 15 is 0 Å². The highest BCUT2D eigenvalue weighted by atomic mass is 32.1. The SMILES string of the molecule is CC(C)C(C)(CN)NC(=O)c1cc2sccc2s1. The lowest BCUT2D eigenvalue weighted by Gasteiger charge is -2.33. The number of amides is 1. The van der Waals surface area contributed by atoms with Crippen molar-refractivity contribution >= 4 is 38.0 Å². The van der Waals surface area contributed by atoms with Crippen molar-refractivity contribution in [2.24, 2.45) is 11.7 Å². The first-order chi connectivity index (χ1) is 8.46. The Morgan fingerprint density at radius 3 is 2.78 bits per heavy atom. The third-order valence-corrected chi connectivity index (χ3v) is 5.55. The van der Waals surface area contributed by atoms with Gasteiger partial charge in [-0.2, -0.15) is 0 Å². The van der Waals surface area contributed by atoms with Crippen LogP contribution in [0.25, 0.3) is 9.40 Å². The van der Waals surface area contributed by atoms with E-state index in [0.29, 0.717) is 12.5 Å². The van der Waals surface area contributed by atoms with Gasteiger partial charge in [0.25, 0.3) is 5.91 Å². The summed E-state index contributed by atoms with van der Waals surface area (Å²) in [6.07, 6.45) is 0.